The average molecular weight is 237 g/mol. The molecule has 1 atom stereocenters. The molecule has 17 heavy (non-hydrogen) atoms. The highest BCUT2D eigenvalue weighted by Gasteiger charge is 2.31. The van der Waals surface area contributed by atoms with Crippen molar-refractivity contribution in [1.82, 2.24) is 15.2 Å². The van der Waals surface area contributed by atoms with Gasteiger partial charge in [0.15, 0.2) is 0 Å². The van der Waals surface area contributed by atoms with E-state index in [0.717, 1.165) is 31.7 Å². The number of oxazole rings is 1. The van der Waals surface area contributed by atoms with Gasteiger partial charge < -0.3 is 14.6 Å². The molecule has 1 saturated heterocycles. The zero-order chi connectivity index (χ0) is 12.3. The van der Waals surface area contributed by atoms with Gasteiger partial charge in [-0.3, -0.25) is 4.79 Å². The second-order valence-corrected chi connectivity index (χ2v) is 4.42. The third-order valence-electron chi connectivity index (χ3n) is 2.93. The molecule has 5 heteroatoms. The van der Waals surface area contributed by atoms with E-state index >= 15 is 0 Å². The van der Waals surface area contributed by atoms with Gasteiger partial charge in [0, 0.05) is 6.54 Å². The number of hydrogen-bond donors (Lipinski definition) is 1. The maximum atomic E-state index is 12.0. The molecular weight excluding hydrogens is 218 g/mol. The molecule has 2 heterocycles. The van der Waals surface area contributed by atoms with Crippen LogP contribution in [0.5, 0.6) is 0 Å². The average Bonchev–Trinajstić information content (AvgIpc) is 2.86. The lowest BCUT2D eigenvalue weighted by molar-refractivity contribution is -0.130. The van der Waals surface area contributed by atoms with Crippen molar-refractivity contribution < 1.29 is 9.21 Å². The van der Waals surface area contributed by atoms with E-state index in [-0.39, 0.29) is 11.9 Å². The summed E-state index contributed by atoms with van der Waals surface area (Å²) in [6.07, 6.45) is 3.60. The first kappa shape index (κ1) is 12.1. The number of aromatic nitrogens is 1. The number of amides is 1. The maximum Gasteiger partial charge on any atom is 0.240 e. The summed E-state index contributed by atoms with van der Waals surface area (Å²) in [4.78, 5) is 17.9. The molecule has 2 rings (SSSR count). The summed E-state index contributed by atoms with van der Waals surface area (Å²) in [5, 5.41) is 3.26. The fourth-order valence-corrected chi connectivity index (χ4v) is 2.04. The van der Waals surface area contributed by atoms with Gasteiger partial charge >= 0.3 is 0 Å². The van der Waals surface area contributed by atoms with Crippen LogP contribution in [-0.4, -0.2) is 34.9 Å². The molecule has 1 amide bonds. The molecule has 1 aromatic heterocycles. The number of carbonyl (C=O) groups excluding carboxylic acids is 1. The predicted molar refractivity (Wildman–Crippen MR) is 63.4 cm³/mol. The lowest BCUT2D eigenvalue weighted by Gasteiger charge is -2.14. The van der Waals surface area contributed by atoms with Gasteiger partial charge in [0.2, 0.25) is 11.8 Å². The van der Waals surface area contributed by atoms with Crippen LogP contribution in [0.15, 0.2) is 10.6 Å². The molecule has 0 radical (unpaired) electrons. The number of rotatable bonds is 5. The first-order chi connectivity index (χ1) is 8.20. The highest BCUT2D eigenvalue weighted by Crippen LogP contribution is 2.15. The summed E-state index contributed by atoms with van der Waals surface area (Å²) in [5.41, 5.74) is 0. The van der Waals surface area contributed by atoms with E-state index in [4.69, 9.17) is 4.42 Å². The summed E-state index contributed by atoms with van der Waals surface area (Å²) in [6.45, 7) is 6.11. The molecule has 0 aromatic carbocycles. The summed E-state index contributed by atoms with van der Waals surface area (Å²) in [7, 11) is 0. The maximum absolute atomic E-state index is 12.0. The van der Waals surface area contributed by atoms with E-state index < -0.39 is 0 Å². The quantitative estimate of drug-likeness (QED) is 0.832. The lowest BCUT2D eigenvalue weighted by Crippen LogP contribution is -2.38. The van der Waals surface area contributed by atoms with Gasteiger partial charge in [-0.15, -0.1) is 0 Å². The molecule has 1 aliphatic heterocycles. The molecule has 1 fully saturated rings. The van der Waals surface area contributed by atoms with Crippen molar-refractivity contribution in [3.05, 3.63) is 17.8 Å². The Morgan fingerprint density at radius 2 is 2.47 bits per heavy atom. The van der Waals surface area contributed by atoms with E-state index in [2.05, 4.69) is 17.2 Å². The van der Waals surface area contributed by atoms with Crippen LogP contribution in [0.25, 0.3) is 0 Å². The van der Waals surface area contributed by atoms with Gasteiger partial charge in [0.05, 0.1) is 18.8 Å². The molecule has 1 aromatic rings. The van der Waals surface area contributed by atoms with Crippen molar-refractivity contribution in [2.75, 3.05) is 13.1 Å². The Kier molecular flexibility index (Phi) is 3.78. The van der Waals surface area contributed by atoms with Gasteiger partial charge in [-0.2, -0.15) is 0 Å². The number of likely N-dealkylation sites (tertiary alicyclic amines) is 1. The van der Waals surface area contributed by atoms with E-state index in [1.165, 1.54) is 0 Å². The third-order valence-corrected chi connectivity index (χ3v) is 2.93. The van der Waals surface area contributed by atoms with Crippen LogP contribution in [0.3, 0.4) is 0 Å². The summed E-state index contributed by atoms with van der Waals surface area (Å²) in [5.74, 6) is 1.56. The molecule has 1 aliphatic rings. The van der Waals surface area contributed by atoms with Crippen LogP contribution in [-0.2, 0) is 11.3 Å². The number of carbonyl (C=O) groups is 1. The number of nitrogens with zero attached hydrogens (tertiary/aromatic N) is 2. The molecule has 0 bridgehead atoms. The Bertz CT molecular complexity index is 389. The highest BCUT2D eigenvalue weighted by molar-refractivity contribution is 5.83. The molecular formula is C12H19N3O2. The smallest absolute Gasteiger partial charge is 0.240 e. The first-order valence-electron chi connectivity index (χ1n) is 6.14. The second-order valence-electron chi connectivity index (χ2n) is 4.42. The van der Waals surface area contributed by atoms with Crippen molar-refractivity contribution in [3.8, 4) is 0 Å². The van der Waals surface area contributed by atoms with E-state index in [0.29, 0.717) is 12.4 Å². The van der Waals surface area contributed by atoms with E-state index in [1.54, 1.807) is 11.1 Å². The zero-order valence-electron chi connectivity index (χ0n) is 10.4. The van der Waals surface area contributed by atoms with Crippen LogP contribution in [0.1, 0.15) is 31.4 Å². The Hall–Kier alpha value is -1.36. The molecule has 0 spiro atoms. The molecule has 0 aliphatic carbocycles. The monoisotopic (exact) mass is 237 g/mol. The standard InChI is InChI=1S/C12H19N3O2/c1-3-5-13-10-4-6-15(12(10)16)8-11-14-7-9(2)17-11/h7,10,13H,3-6,8H2,1-2H3. The minimum atomic E-state index is -0.0222. The van der Waals surface area contributed by atoms with E-state index in [9.17, 15) is 4.79 Å². The number of nitrogens with one attached hydrogen (secondary N) is 1. The van der Waals surface area contributed by atoms with Crippen LogP contribution >= 0.6 is 0 Å². The van der Waals surface area contributed by atoms with E-state index in [1.807, 2.05) is 6.92 Å². The summed E-state index contributed by atoms with van der Waals surface area (Å²) in [6, 6.07) is -0.0222. The second kappa shape index (κ2) is 5.31. The number of hydrogen-bond acceptors (Lipinski definition) is 4. The minimum absolute atomic E-state index is 0.0222. The van der Waals surface area contributed by atoms with Crippen molar-refractivity contribution >= 4 is 5.91 Å². The SMILES string of the molecule is CCCNC1CCN(Cc2ncc(C)o2)C1=O. The van der Waals surface area contributed by atoms with Crippen LogP contribution in [0, 0.1) is 6.92 Å². The van der Waals surface area contributed by atoms with Gasteiger partial charge in [0.25, 0.3) is 0 Å². The normalized spacial score (nSPS) is 20.2. The summed E-state index contributed by atoms with van der Waals surface area (Å²) < 4.78 is 5.38. The number of aryl methyl sites for hydroxylation is 1. The highest BCUT2D eigenvalue weighted by atomic mass is 16.4. The van der Waals surface area contributed by atoms with Gasteiger partial charge in [-0.1, -0.05) is 6.92 Å². The van der Waals surface area contributed by atoms with Gasteiger partial charge in [0.1, 0.15) is 5.76 Å². The van der Waals surface area contributed by atoms with Gasteiger partial charge in [-0.05, 0) is 26.3 Å². The molecule has 5 nitrogen and oxygen atoms in total. The predicted octanol–water partition coefficient (Wildman–Crippen LogP) is 1.08. The lowest BCUT2D eigenvalue weighted by atomic mass is 10.2. The summed E-state index contributed by atoms with van der Waals surface area (Å²) >= 11 is 0. The Morgan fingerprint density at radius 3 is 3.12 bits per heavy atom. The van der Waals surface area contributed by atoms with Crippen molar-refractivity contribution in [1.29, 1.82) is 0 Å². The Labute approximate surface area is 101 Å². The largest absolute Gasteiger partial charge is 0.444 e. The van der Waals surface area contributed by atoms with Crippen molar-refractivity contribution in [2.24, 2.45) is 0 Å². The van der Waals surface area contributed by atoms with Gasteiger partial charge in [-0.25, -0.2) is 4.98 Å². The molecule has 1 N–H and O–H groups in total. The fraction of sp³-hybridized carbons (Fsp3) is 0.667. The minimum Gasteiger partial charge on any atom is -0.444 e. The third kappa shape index (κ3) is 2.85. The van der Waals surface area contributed by atoms with Crippen LogP contribution in [0.4, 0.5) is 0 Å². The Morgan fingerprint density at radius 1 is 1.65 bits per heavy atom. The fourth-order valence-electron chi connectivity index (χ4n) is 2.04. The Balaban J connectivity index is 1.89. The topological polar surface area (TPSA) is 58.4 Å². The van der Waals surface area contributed by atoms with Crippen LogP contribution < -0.4 is 5.32 Å². The zero-order valence-corrected chi connectivity index (χ0v) is 10.4. The molecule has 0 saturated carbocycles. The first-order valence-corrected chi connectivity index (χ1v) is 6.14. The van der Waals surface area contributed by atoms with Crippen molar-refractivity contribution in [3.63, 3.8) is 0 Å². The van der Waals surface area contributed by atoms with Crippen LogP contribution in [0.2, 0.25) is 0 Å². The molecule has 1 unspecified atom stereocenters. The molecule has 94 valence electrons. The van der Waals surface area contributed by atoms with Crippen molar-refractivity contribution in [2.45, 2.75) is 39.3 Å².